The zero-order valence-corrected chi connectivity index (χ0v) is 7.39. The molecule has 1 unspecified atom stereocenters. The molecule has 3 heteroatoms. The molecule has 0 aliphatic rings. The van der Waals surface area contributed by atoms with Gasteiger partial charge in [-0.25, -0.2) is 0 Å². The van der Waals surface area contributed by atoms with Crippen molar-refractivity contribution in [1.29, 1.82) is 0 Å². The Labute approximate surface area is 64.3 Å². The third-order valence-corrected chi connectivity index (χ3v) is 1.26. The van der Waals surface area contributed by atoms with Crippen LogP contribution in [0.3, 0.4) is 0 Å². The first-order valence-corrected chi connectivity index (χ1v) is 4.16. The summed E-state index contributed by atoms with van der Waals surface area (Å²) < 4.78 is 4.96. The van der Waals surface area contributed by atoms with Crippen molar-refractivity contribution in [3.8, 4) is 0 Å². The van der Waals surface area contributed by atoms with Crippen LogP contribution in [0.25, 0.3) is 0 Å². The van der Waals surface area contributed by atoms with Crippen LogP contribution < -0.4 is 0 Å². The lowest BCUT2D eigenvalue weighted by Gasteiger charge is -2.13. The molecule has 2 nitrogen and oxygen atoms in total. The van der Waals surface area contributed by atoms with Gasteiger partial charge in [-0.05, 0) is 0 Å². The summed E-state index contributed by atoms with van der Waals surface area (Å²) in [5, 5.41) is 9.79. The van der Waals surface area contributed by atoms with E-state index in [9.17, 15) is 0 Å². The topological polar surface area (TPSA) is 29.5 Å². The molecular formula is C6H13BrO2. The quantitative estimate of drug-likeness (QED) is 0.544. The summed E-state index contributed by atoms with van der Waals surface area (Å²) >= 11 is 3.19. The van der Waals surface area contributed by atoms with E-state index >= 15 is 0 Å². The maximum absolute atomic E-state index is 9.01. The highest BCUT2D eigenvalue weighted by Gasteiger charge is 2.07. The number of hydrogen-bond donors (Lipinski definition) is 1. The highest BCUT2D eigenvalue weighted by atomic mass is 79.9. The molecule has 0 fully saturated rings. The Kier molecular flexibility index (Phi) is 5.44. The van der Waals surface area contributed by atoms with Gasteiger partial charge in [0.1, 0.15) is 0 Å². The molecule has 1 N–H and O–H groups in total. The predicted molar refractivity (Wildman–Crippen MR) is 40.6 cm³/mol. The fraction of sp³-hybridized carbons (Fsp3) is 1.00. The van der Waals surface area contributed by atoms with Gasteiger partial charge in [-0.1, -0.05) is 29.8 Å². The zero-order valence-electron chi connectivity index (χ0n) is 5.80. The number of aliphatic hydroxyl groups excluding tert-OH is 1. The highest BCUT2D eigenvalue weighted by molar-refractivity contribution is 9.09. The second-order valence-corrected chi connectivity index (χ2v) is 2.99. The summed E-state index contributed by atoms with van der Waals surface area (Å²) in [6, 6.07) is 0. The van der Waals surface area contributed by atoms with Crippen LogP contribution in [0, 0.1) is 5.92 Å². The van der Waals surface area contributed by atoms with E-state index in [1.165, 1.54) is 0 Å². The van der Waals surface area contributed by atoms with Crippen LogP contribution in [-0.2, 0) is 4.74 Å². The van der Waals surface area contributed by atoms with Gasteiger partial charge < -0.3 is 9.84 Å². The number of alkyl halides is 1. The molecule has 0 saturated carbocycles. The Balaban J connectivity index is 3.16. The lowest BCUT2D eigenvalue weighted by atomic mass is 10.2. The van der Waals surface area contributed by atoms with Crippen molar-refractivity contribution < 1.29 is 9.84 Å². The lowest BCUT2D eigenvalue weighted by Crippen LogP contribution is -2.19. The van der Waals surface area contributed by atoms with Crippen LogP contribution in [0.1, 0.15) is 13.8 Å². The number of aliphatic hydroxyl groups is 1. The summed E-state index contributed by atoms with van der Waals surface area (Å²) in [5.74, 6) is 0.184. The Hall–Kier alpha value is 0.400. The fourth-order valence-electron chi connectivity index (χ4n) is 0.358. The van der Waals surface area contributed by atoms with Crippen molar-refractivity contribution in [2.75, 3.05) is 11.9 Å². The largest absolute Gasteiger partial charge is 0.368 e. The van der Waals surface area contributed by atoms with Gasteiger partial charge in [0.2, 0.25) is 0 Å². The van der Waals surface area contributed by atoms with E-state index in [1.54, 1.807) is 0 Å². The normalized spacial score (nSPS) is 14.3. The van der Waals surface area contributed by atoms with E-state index in [1.807, 2.05) is 13.8 Å². The van der Waals surface area contributed by atoms with Gasteiger partial charge in [0.15, 0.2) is 6.29 Å². The SMILES string of the molecule is CC(C)C(O)OCCBr. The van der Waals surface area contributed by atoms with Crippen LogP contribution in [-0.4, -0.2) is 23.3 Å². The van der Waals surface area contributed by atoms with Crippen molar-refractivity contribution in [3.05, 3.63) is 0 Å². The highest BCUT2D eigenvalue weighted by Crippen LogP contribution is 2.01. The van der Waals surface area contributed by atoms with Crippen molar-refractivity contribution >= 4 is 15.9 Å². The van der Waals surface area contributed by atoms with Crippen LogP contribution in [0.2, 0.25) is 0 Å². The van der Waals surface area contributed by atoms with Crippen LogP contribution >= 0.6 is 15.9 Å². The molecule has 0 rings (SSSR count). The number of halogens is 1. The summed E-state index contributed by atoms with van der Waals surface area (Å²) in [7, 11) is 0. The molecule has 1 atom stereocenters. The van der Waals surface area contributed by atoms with E-state index in [0.717, 1.165) is 5.33 Å². The van der Waals surface area contributed by atoms with Crippen LogP contribution in [0.5, 0.6) is 0 Å². The van der Waals surface area contributed by atoms with Gasteiger partial charge in [0.25, 0.3) is 0 Å². The standard InChI is InChI=1S/C6H13BrO2/c1-5(2)6(8)9-4-3-7/h5-6,8H,3-4H2,1-2H3. The summed E-state index contributed by atoms with van der Waals surface area (Å²) in [5.41, 5.74) is 0. The van der Waals surface area contributed by atoms with E-state index in [0.29, 0.717) is 6.61 Å². The number of ether oxygens (including phenoxy) is 1. The molecule has 0 aliphatic heterocycles. The summed E-state index contributed by atoms with van der Waals surface area (Å²) in [4.78, 5) is 0. The van der Waals surface area contributed by atoms with E-state index in [4.69, 9.17) is 9.84 Å². The summed E-state index contributed by atoms with van der Waals surface area (Å²) in [6.45, 7) is 4.40. The van der Waals surface area contributed by atoms with Crippen LogP contribution in [0.4, 0.5) is 0 Å². The molecule has 56 valence electrons. The maximum Gasteiger partial charge on any atom is 0.156 e. The fourth-order valence-corrected chi connectivity index (χ4v) is 0.545. The van der Waals surface area contributed by atoms with Gasteiger partial charge in [-0.2, -0.15) is 0 Å². The number of hydrogen-bond acceptors (Lipinski definition) is 2. The van der Waals surface area contributed by atoms with E-state index < -0.39 is 6.29 Å². The zero-order chi connectivity index (χ0) is 7.28. The monoisotopic (exact) mass is 196 g/mol. The number of rotatable bonds is 4. The second kappa shape index (κ2) is 5.21. The molecule has 0 amide bonds. The molecule has 0 heterocycles. The molecule has 9 heavy (non-hydrogen) atoms. The molecule has 0 bridgehead atoms. The molecular weight excluding hydrogens is 184 g/mol. The van der Waals surface area contributed by atoms with Crippen molar-refractivity contribution in [1.82, 2.24) is 0 Å². The lowest BCUT2D eigenvalue weighted by molar-refractivity contribution is -0.120. The first kappa shape index (κ1) is 9.40. The van der Waals surface area contributed by atoms with Gasteiger partial charge in [-0.15, -0.1) is 0 Å². The Bertz CT molecular complexity index is 66.1. The molecule has 0 saturated heterocycles. The molecule has 0 aromatic heterocycles. The Morgan fingerprint density at radius 3 is 2.44 bits per heavy atom. The second-order valence-electron chi connectivity index (χ2n) is 2.19. The Morgan fingerprint density at radius 1 is 1.56 bits per heavy atom. The predicted octanol–water partition coefficient (Wildman–Crippen LogP) is 1.37. The summed E-state index contributed by atoms with van der Waals surface area (Å²) in [6.07, 6.45) is -0.609. The molecule has 0 spiro atoms. The smallest absolute Gasteiger partial charge is 0.156 e. The van der Waals surface area contributed by atoms with Crippen molar-refractivity contribution in [2.24, 2.45) is 5.92 Å². The van der Waals surface area contributed by atoms with Gasteiger partial charge in [0, 0.05) is 11.2 Å². The average molecular weight is 197 g/mol. The van der Waals surface area contributed by atoms with E-state index in [2.05, 4.69) is 15.9 Å². The first-order chi connectivity index (χ1) is 4.18. The molecule has 0 radical (unpaired) electrons. The third kappa shape index (κ3) is 4.88. The van der Waals surface area contributed by atoms with Gasteiger partial charge in [0.05, 0.1) is 6.61 Å². The average Bonchev–Trinajstić information content (AvgIpc) is 1.82. The molecule has 0 aliphatic carbocycles. The minimum absolute atomic E-state index is 0.184. The van der Waals surface area contributed by atoms with Gasteiger partial charge in [-0.3, -0.25) is 0 Å². The molecule has 0 aromatic rings. The minimum atomic E-state index is -0.609. The van der Waals surface area contributed by atoms with Crippen molar-refractivity contribution in [2.45, 2.75) is 20.1 Å². The first-order valence-electron chi connectivity index (χ1n) is 3.04. The van der Waals surface area contributed by atoms with Crippen molar-refractivity contribution in [3.63, 3.8) is 0 Å². The third-order valence-electron chi connectivity index (χ3n) is 0.936. The molecule has 0 aromatic carbocycles. The minimum Gasteiger partial charge on any atom is -0.368 e. The Morgan fingerprint density at radius 2 is 2.11 bits per heavy atom. The van der Waals surface area contributed by atoms with E-state index in [-0.39, 0.29) is 5.92 Å². The van der Waals surface area contributed by atoms with Gasteiger partial charge >= 0.3 is 0 Å². The van der Waals surface area contributed by atoms with Crippen LogP contribution in [0.15, 0.2) is 0 Å². The maximum atomic E-state index is 9.01.